The first-order valence-electron chi connectivity index (χ1n) is 6.62. The van der Waals surface area contributed by atoms with Crippen molar-refractivity contribution < 1.29 is 0 Å². The minimum Gasteiger partial charge on any atom is -0.310 e. The first kappa shape index (κ1) is 14.3. The van der Waals surface area contributed by atoms with Crippen molar-refractivity contribution in [3.8, 4) is 0 Å². The predicted molar refractivity (Wildman–Crippen MR) is 75.3 cm³/mol. The van der Waals surface area contributed by atoms with Crippen molar-refractivity contribution in [2.75, 3.05) is 31.1 Å². The number of thioether (sulfide) groups is 1. The maximum Gasteiger partial charge on any atom is 0.0252 e. The van der Waals surface area contributed by atoms with E-state index in [9.17, 15) is 0 Å². The zero-order valence-corrected chi connectivity index (χ0v) is 12.2. The fourth-order valence-corrected chi connectivity index (χ4v) is 3.11. The van der Waals surface area contributed by atoms with Crippen molar-refractivity contribution in [3.63, 3.8) is 0 Å². The van der Waals surface area contributed by atoms with Crippen LogP contribution in [0.3, 0.4) is 0 Å². The molecule has 0 aliphatic carbocycles. The lowest BCUT2D eigenvalue weighted by atomic mass is 10.0. The molecule has 0 amide bonds. The molecule has 0 bridgehead atoms. The van der Waals surface area contributed by atoms with Crippen LogP contribution in [0.4, 0.5) is 0 Å². The van der Waals surface area contributed by atoms with Gasteiger partial charge in [0.05, 0.1) is 0 Å². The summed E-state index contributed by atoms with van der Waals surface area (Å²) < 4.78 is 0. The highest BCUT2D eigenvalue weighted by Gasteiger charge is 2.26. The predicted octanol–water partition coefficient (Wildman–Crippen LogP) is 2.59. The van der Waals surface area contributed by atoms with E-state index in [1.807, 2.05) is 0 Å². The third-order valence-corrected chi connectivity index (χ3v) is 4.26. The minimum absolute atomic E-state index is 0.280. The second-order valence-corrected chi connectivity index (χ2v) is 6.86. The molecule has 0 aromatic rings. The molecule has 0 radical (unpaired) electrons. The molecule has 2 nitrogen and oxygen atoms in total. The van der Waals surface area contributed by atoms with Crippen molar-refractivity contribution in [2.45, 2.75) is 52.1 Å². The Morgan fingerprint density at radius 2 is 2.19 bits per heavy atom. The molecule has 0 aromatic carbocycles. The summed E-state index contributed by atoms with van der Waals surface area (Å²) in [7, 11) is 0. The second kappa shape index (κ2) is 6.87. The monoisotopic (exact) mass is 244 g/mol. The molecule has 1 atom stereocenters. The van der Waals surface area contributed by atoms with E-state index in [4.69, 9.17) is 0 Å². The standard InChI is InChI=1S/C13H28N2S/c1-5-16-10-7-12(2)15-9-6-8-14-13(3,4)11-15/h12,14H,5-11H2,1-4H3. The summed E-state index contributed by atoms with van der Waals surface area (Å²) in [6, 6.07) is 0.734. The summed E-state index contributed by atoms with van der Waals surface area (Å²) >= 11 is 2.06. The highest BCUT2D eigenvalue weighted by molar-refractivity contribution is 7.99. The van der Waals surface area contributed by atoms with Crippen LogP contribution in [0, 0.1) is 0 Å². The van der Waals surface area contributed by atoms with Crippen LogP contribution in [-0.4, -0.2) is 47.6 Å². The molecule has 1 aliphatic heterocycles. The zero-order valence-electron chi connectivity index (χ0n) is 11.4. The van der Waals surface area contributed by atoms with Crippen LogP contribution in [0.2, 0.25) is 0 Å². The Kier molecular flexibility index (Phi) is 6.16. The Morgan fingerprint density at radius 1 is 1.44 bits per heavy atom. The number of rotatable bonds is 5. The van der Waals surface area contributed by atoms with Crippen LogP contribution in [-0.2, 0) is 0 Å². The van der Waals surface area contributed by atoms with E-state index in [-0.39, 0.29) is 5.54 Å². The van der Waals surface area contributed by atoms with Gasteiger partial charge in [0.1, 0.15) is 0 Å². The molecule has 1 heterocycles. The molecule has 0 spiro atoms. The van der Waals surface area contributed by atoms with Crippen LogP contribution in [0.5, 0.6) is 0 Å². The molecule has 0 aromatic heterocycles. The maximum atomic E-state index is 3.63. The largest absolute Gasteiger partial charge is 0.310 e. The fraction of sp³-hybridized carbons (Fsp3) is 1.00. The summed E-state index contributed by atoms with van der Waals surface area (Å²) in [5, 5.41) is 3.63. The van der Waals surface area contributed by atoms with Crippen molar-refractivity contribution in [2.24, 2.45) is 0 Å². The molecule has 1 rings (SSSR count). The van der Waals surface area contributed by atoms with Gasteiger partial charge in [-0.2, -0.15) is 11.8 Å². The number of nitrogens with zero attached hydrogens (tertiary/aromatic N) is 1. The molecule has 1 aliphatic rings. The molecule has 3 heteroatoms. The van der Waals surface area contributed by atoms with Gasteiger partial charge in [0.15, 0.2) is 0 Å². The zero-order chi connectivity index (χ0) is 12.0. The highest BCUT2D eigenvalue weighted by atomic mass is 32.2. The second-order valence-electron chi connectivity index (χ2n) is 5.47. The Bertz CT molecular complexity index is 194. The summed E-state index contributed by atoms with van der Waals surface area (Å²) in [6.07, 6.45) is 2.61. The average Bonchev–Trinajstić information content (AvgIpc) is 2.39. The van der Waals surface area contributed by atoms with E-state index < -0.39 is 0 Å². The molecule has 96 valence electrons. The third kappa shape index (κ3) is 5.07. The van der Waals surface area contributed by atoms with Gasteiger partial charge in [-0.15, -0.1) is 0 Å². The van der Waals surface area contributed by atoms with Crippen LogP contribution in [0.1, 0.15) is 40.5 Å². The van der Waals surface area contributed by atoms with E-state index in [2.05, 4.69) is 49.7 Å². The molecule has 1 unspecified atom stereocenters. The van der Waals surface area contributed by atoms with E-state index in [0.29, 0.717) is 0 Å². The summed E-state index contributed by atoms with van der Waals surface area (Å²) in [4.78, 5) is 2.66. The number of hydrogen-bond acceptors (Lipinski definition) is 3. The lowest BCUT2D eigenvalue weighted by Crippen LogP contribution is -2.48. The summed E-state index contributed by atoms with van der Waals surface area (Å²) in [6.45, 7) is 12.9. The molecule has 16 heavy (non-hydrogen) atoms. The summed E-state index contributed by atoms with van der Waals surface area (Å²) in [5.41, 5.74) is 0.280. The molecule has 1 N–H and O–H groups in total. The van der Waals surface area contributed by atoms with Crippen LogP contribution in [0.25, 0.3) is 0 Å². The van der Waals surface area contributed by atoms with Gasteiger partial charge < -0.3 is 5.32 Å². The lowest BCUT2D eigenvalue weighted by Gasteiger charge is -2.34. The molecule has 1 saturated heterocycles. The van der Waals surface area contributed by atoms with Crippen LogP contribution in [0.15, 0.2) is 0 Å². The van der Waals surface area contributed by atoms with E-state index >= 15 is 0 Å². The molecular weight excluding hydrogens is 216 g/mol. The van der Waals surface area contributed by atoms with Crippen molar-refractivity contribution in [1.82, 2.24) is 10.2 Å². The van der Waals surface area contributed by atoms with Crippen molar-refractivity contribution in [3.05, 3.63) is 0 Å². The van der Waals surface area contributed by atoms with E-state index in [1.54, 1.807) is 0 Å². The Morgan fingerprint density at radius 3 is 2.88 bits per heavy atom. The normalized spacial score (nSPS) is 24.0. The Balaban J connectivity index is 2.37. The lowest BCUT2D eigenvalue weighted by molar-refractivity contribution is 0.176. The Labute approximate surface area is 106 Å². The van der Waals surface area contributed by atoms with Crippen molar-refractivity contribution >= 4 is 11.8 Å². The first-order chi connectivity index (χ1) is 7.55. The van der Waals surface area contributed by atoms with Gasteiger partial charge >= 0.3 is 0 Å². The SMILES string of the molecule is CCSCCC(C)N1CCCNC(C)(C)C1. The Hall–Kier alpha value is 0.270. The number of nitrogens with one attached hydrogen (secondary N) is 1. The van der Waals surface area contributed by atoms with Gasteiger partial charge in [-0.1, -0.05) is 6.92 Å². The fourth-order valence-electron chi connectivity index (χ4n) is 2.31. The van der Waals surface area contributed by atoms with Gasteiger partial charge in [0.2, 0.25) is 0 Å². The van der Waals surface area contributed by atoms with Gasteiger partial charge in [-0.3, -0.25) is 4.90 Å². The smallest absolute Gasteiger partial charge is 0.0252 e. The number of hydrogen-bond donors (Lipinski definition) is 1. The van der Waals surface area contributed by atoms with Gasteiger partial charge in [-0.05, 0) is 58.2 Å². The van der Waals surface area contributed by atoms with Gasteiger partial charge in [0, 0.05) is 18.1 Å². The average molecular weight is 244 g/mol. The molecule has 0 saturated carbocycles. The van der Waals surface area contributed by atoms with Gasteiger partial charge in [-0.25, -0.2) is 0 Å². The van der Waals surface area contributed by atoms with Crippen molar-refractivity contribution in [1.29, 1.82) is 0 Å². The molecular formula is C13H28N2S. The quantitative estimate of drug-likeness (QED) is 0.748. The topological polar surface area (TPSA) is 15.3 Å². The first-order valence-corrected chi connectivity index (χ1v) is 7.77. The van der Waals surface area contributed by atoms with E-state index in [0.717, 1.165) is 6.04 Å². The highest BCUT2D eigenvalue weighted by Crippen LogP contribution is 2.16. The van der Waals surface area contributed by atoms with E-state index in [1.165, 1.54) is 44.0 Å². The van der Waals surface area contributed by atoms with Crippen LogP contribution < -0.4 is 5.32 Å². The van der Waals surface area contributed by atoms with Gasteiger partial charge in [0.25, 0.3) is 0 Å². The maximum absolute atomic E-state index is 3.63. The molecule has 1 fully saturated rings. The summed E-state index contributed by atoms with van der Waals surface area (Å²) in [5.74, 6) is 2.56. The van der Waals surface area contributed by atoms with Crippen LogP contribution >= 0.6 is 11.8 Å². The third-order valence-electron chi connectivity index (χ3n) is 3.33. The minimum atomic E-state index is 0.280.